The van der Waals surface area contributed by atoms with Gasteiger partial charge in [0.05, 0.1) is 11.0 Å². The third-order valence-corrected chi connectivity index (χ3v) is 5.71. The average molecular weight is 268 g/mol. The van der Waals surface area contributed by atoms with Crippen LogP contribution in [0.2, 0.25) is 0 Å². The quantitative estimate of drug-likeness (QED) is 0.782. The Labute approximate surface area is 116 Å². The van der Waals surface area contributed by atoms with Gasteiger partial charge in [-0.05, 0) is 51.4 Å². The second-order valence-corrected chi connectivity index (χ2v) is 7.70. The molecule has 0 amide bonds. The summed E-state index contributed by atoms with van der Waals surface area (Å²) in [7, 11) is 0. The molecule has 2 atom stereocenters. The third-order valence-electron chi connectivity index (χ3n) is 5.71. The van der Waals surface area contributed by atoms with Crippen molar-refractivity contribution in [2.75, 3.05) is 0 Å². The van der Waals surface area contributed by atoms with Crippen LogP contribution in [-0.4, -0.2) is 22.3 Å². The van der Waals surface area contributed by atoms with Crippen molar-refractivity contribution >= 4 is 5.97 Å². The van der Waals surface area contributed by atoms with E-state index in [9.17, 15) is 9.90 Å². The van der Waals surface area contributed by atoms with Crippen LogP contribution in [0.4, 0.5) is 0 Å². The summed E-state index contributed by atoms with van der Waals surface area (Å²) >= 11 is 0. The number of carbonyl (C=O) groups excluding carboxylic acids is 1. The lowest BCUT2D eigenvalue weighted by Crippen LogP contribution is -2.41. The SMILES string of the molecule is CC(C)C(C)C1(C)CC2(CCC(C)(O)CC2)OC1=O. The molecule has 0 aromatic rings. The molecule has 0 bridgehead atoms. The minimum absolute atomic E-state index is 0.0322. The molecule has 1 spiro atoms. The molecule has 0 aromatic heterocycles. The Hall–Kier alpha value is -0.570. The highest BCUT2D eigenvalue weighted by molar-refractivity contribution is 5.79. The molecule has 0 radical (unpaired) electrons. The number of esters is 1. The van der Waals surface area contributed by atoms with Gasteiger partial charge in [0, 0.05) is 6.42 Å². The molecule has 0 aromatic carbocycles. The van der Waals surface area contributed by atoms with Crippen LogP contribution in [-0.2, 0) is 9.53 Å². The van der Waals surface area contributed by atoms with Gasteiger partial charge in [-0.15, -0.1) is 0 Å². The van der Waals surface area contributed by atoms with E-state index >= 15 is 0 Å². The number of hydrogen-bond donors (Lipinski definition) is 1. The zero-order chi connectivity index (χ0) is 14.5. The normalized spacial score (nSPS) is 44.7. The molecule has 1 heterocycles. The van der Waals surface area contributed by atoms with Gasteiger partial charge >= 0.3 is 5.97 Å². The highest BCUT2D eigenvalue weighted by Gasteiger charge is 2.58. The standard InChI is InChI=1S/C16H28O3/c1-11(2)12(3)15(5)10-16(19-13(15)17)8-6-14(4,18)7-9-16/h11-12,18H,6-10H2,1-5H3. The summed E-state index contributed by atoms with van der Waals surface area (Å²) in [5.41, 5.74) is -1.26. The Morgan fingerprint density at radius 1 is 1.11 bits per heavy atom. The van der Waals surface area contributed by atoms with Gasteiger partial charge in [-0.25, -0.2) is 0 Å². The summed E-state index contributed by atoms with van der Waals surface area (Å²) in [5.74, 6) is 0.761. The minimum atomic E-state index is -0.583. The number of aliphatic hydroxyl groups is 1. The molecule has 2 aliphatic rings. The van der Waals surface area contributed by atoms with Gasteiger partial charge in [0.15, 0.2) is 0 Å². The molecule has 2 unspecified atom stereocenters. The van der Waals surface area contributed by atoms with Gasteiger partial charge in [0.25, 0.3) is 0 Å². The summed E-state index contributed by atoms with van der Waals surface area (Å²) in [6.45, 7) is 10.4. The van der Waals surface area contributed by atoms with E-state index in [-0.39, 0.29) is 17.0 Å². The maximum atomic E-state index is 12.4. The number of carbonyl (C=O) groups is 1. The van der Waals surface area contributed by atoms with Gasteiger partial charge in [0.1, 0.15) is 5.60 Å². The Morgan fingerprint density at radius 2 is 1.63 bits per heavy atom. The second-order valence-electron chi connectivity index (χ2n) is 7.70. The molecule has 19 heavy (non-hydrogen) atoms. The largest absolute Gasteiger partial charge is 0.459 e. The maximum absolute atomic E-state index is 12.4. The first-order valence-electron chi connectivity index (χ1n) is 7.56. The van der Waals surface area contributed by atoms with Crippen molar-refractivity contribution in [1.29, 1.82) is 0 Å². The summed E-state index contributed by atoms with van der Waals surface area (Å²) in [5, 5.41) is 10.1. The number of rotatable bonds is 2. The van der Waals surface area contributed by atoms with Gasteiger partial charge in [-0.2, -0.15) is 0 Å². The molecule has 3 heteroatoms. The number of hydrogen-bond acceptors (Lipinski definition) is 3. The van der Waals surface area contributed by atoms with Crippen LogP contribution in [0.15, 0.2) is 0 Å². The van der Waals surface area contributed by atoms with E-state index in [0.29, 0.717) is 11.8 Å². The first kappa shape index (κ1) is 14.8. The molecule has 2 rings (SSSR count). The van der Waals surface area contributed by atoms with E-state index in [1.807, 2.05) is 6.92 Å². The molecular formula is C16H28O3. The second kappa shape index (κ2) is 4.47. The van der Waals surface area contributed by atoms with Crippen molar-refractivity contribution in [3.63, 3.8) is 0 Å². The van der Waals surface area contributed by atoms with Crippen LogP contribution >= 0.6 is 0 Å². The first-order valence-corrected chi connectivity index (χ1v) is 7.56. The molecule has 2 fully saturated rings. The van der Waals surface area contributed by atoms with Crippen LogP contribution in [0.1, 0.15) is 66.7 Å². The van der Waals surface area contributed by atoms with Crippen LogP contribution in [0.25, 0.3) is 0 Å². The first-order chi connectivity index (χ1) is 8.60. The molecule has 110 valence electrons. The molecule has 1 saturated carbocycles. The third kappa shape index (κ3) is 2.54. The minimum Gasteiger partial charge on any atom is -0.459 e. The lowest BCUT2D eigenvalue weighted by Gasteiger charge is -2.40. The molecule has 1 saturated heterocycles. The van der Waals surface area contributed by atoms with E-state index in [1.54, 1.807) is 0 Å². The smallest absolute Gasteiger partial charge is 0.312 e. The van der Waals surface area contributed by atoms with Crippen LogP contribution < -0.4 is 0 Å². The highest BCUT2D eigenvalue weighted by Crippen LogP contribution is 2.53. The predicted molar refractivity (Wildman–Crippen MR) is 74.6 cm³/mol. The fraction of sp³-hybridized carbons (Fsp3) is 0.938. The topological polar surface area (TPSA) is 46.5 Å². The molecule has 1 aliphatic heterocycles. The van der Waals surface area contributed by atoms with E-state index < -0.39 is 5.60 Å². The lowest BCUT2D eigenvalue weighted by atomic mass is 9.65. The molecule has 1 aliphatic carbocycles. The molecular weight excluding hydrogens is 240 g/mol. The van der Waals surface area contributed by atoms with E-state index in [2.05, 4.69) is 27.7 Å². The Morgan fingerprint density at radius 3 is 2.11 bits per heavy atom. The number of ether oxygens (including phenoxy) is 1. The van der Waals surface area contributed by atoms with Gasteiger partial charge in [-0.1, -0.05) is 20.8 Å². The van der Waals surface area contributed by atoms with Crippen molar-refractivity contribution < 1.29 is 14.6 Å². The summed E-state index contributed by atoms with van der Waals surface area (Å²) in [6, 6.07) is 0. The summed E-state index contributed by atoms with van der Waals surface area (Å²) < 4.78 is 5.82. The van der Waals surface area contributed by atoms with Gasteiger partial charge in [-0.3, -0.25) is 4.79 Å². The van der Waals surface area contributed by atoms with E-state index in [0.717, 1.165) is 32.1 Å². The zero-order valence-electron chi connectivity index (χ0n) is 13.0. The molecule has 1 N–H and O–H groups in total. The average Bonchev–Trinajstić information content (AvgIpc) is 2.56. The van der Waals surface area contributed by atoms with Crippen LogP contribution in [0, 0.1) is 17.3 Å². The fourth-order valence-corrected chi connectivity index (χ4v) is 3.70. The van der Waals surface area contributed by atoms with Crippen molar-refractivity contribution in [3.8, 4) is 0 Å². The van der Waals surface area contributed by atoms with Crippen molar-refractivity contribution in [1.82, 2.24) is 0 Å². The van der Waals surface area contributed by atoms with Crippen molar-refractivity contribution in [2.45, 2.75) is 77.9 Å². The Balaban J connectivity index is 2.16. The fourth-order valence-electron chi connectivity index (χ4n) is 3.70. The monoisotopic (exact) mass is 268 g/mol. The van der Waals surface area contributed by atoms with E-state index in [4.69, 9.17) is 4.74 Å². The lowest BCUT2D eigenvalue weighted by molar-refractivity contribution is -0.160. The maximum Gasteiger partial charge on any atom is 0.312 e. The van der Waals surface area contributed by atoms with Crippen LogP contribution in [0.3, 0.4) is 0 Å². The Kier molecular flexibility index (Phi) is 3.49. The highest BCUT2D eigenvalue weighted by atomic mass is 16.6. The van der Waals surface area contributed by atoms with Crippen molar-refractivity contribution in [3.05, 3.63) is 0 Å². The van der Waals surface area contributed by atoms with Crippen molar-refractivity contribution in [2.24, 2.45) is 17.3 Å². The zero-order valence-corrected chi connectivity index (χ0v) is 13.0. The summed E-state index contributed by atoms with van der Waals surface area (Å²) in [4.78, 5) is 12.4. The predicted octanol–water partition coefficient (Wildman–Crippen LogP) is 3.30. The van der Waals surface area contributed by atoms with E-state index in [1.165, 1.54) is 0 Å². The molecule has 3 nitrogen and oxygen atoms in total. The van der Waals surface area contributed by atoms with Gasteiger partial charge < -0.3 is 9.84 Å². The summed E-state index contributed by atoms with van der Waals surface area (Å²) in [6.07, 6.45) is 3.87. The Bertz CT molecular complexity index is 362. The van der Waals surface area contributed by atoms with Gasteiger partial charge in [0.2, 0.25) is 0 Å². The van der Waals surface area contributed by atoms with Crippen LogP contribution in [0.5, 0.6) is 0 Å².